The number of hydrogen-bond acceptors (Lipinski definition) is 7. The van der Waals surface area contributed by atoms with E-state index < -0.39 is 12.0 Å². The van der Waals surface area contributed by atoms with Gasteiger partial charge in [-0.15, -0.1) is 0 Å². The molecular weight excluding hydrogens is 443 g/mol. The Labute approximate surface area is 196 Å². The highest BCUT2D eigenvalue weighted by molar-refractivity contribution is 6.35. The minimum absolute atomic E-state index is 0.0408. The van der Waals surface area contributed by atoms with Crippen molar-refractivity contribution in [2.75, 3.05) is 17.2 Å². The van der Waals surface area contributed by atoms with Crippen molar-refractivity contribution < 1.29 is 5.76 Å². The van der Waals surface area contributed by atoms with Crippen molar-refractivity contribution in [3.8, 4) is 6.07 Å². The number of hydrogen-bond donors (Lipinski definition) is 3. The predicted molar refractivity (Wildman–Crippen MR) is 125 cm³/mol. The largest absolute Gasteiger partial charge is 0.383 e. The lowest BCUT2D eigenvalue weighted by atomic mass is 9.96. The molecule has 0 bridgehead atoms. The highest BCUT2D eigenvalue weighted by Crippen LogP contribution is 2.35. The molecule has 0 aliphatic carbocycles. The van der Waals surface area contributed by atoms with Gasteiger partial charge in [-0.1, -0.05) is 38.4 Å². The molecule has 0 saturated heterocycles. The highest BCUT2D eigenvalue weighted by Gasteiger charge is 2.20. The van der Waals surface area contributed by atoms with Gasteiger partial charge < -0.3 is 10.6 Å². The number of fused-ring (bicyclic) bond motifs is 1. The molecule has 10 heteroatoms. The molecule has 0 amide bonds. The molecule has 0 aliphatic rings. The van der Waals surface area contributed by atoms with E-state index in [2.05, 4.69) is 62.9 Å². The lowest BCUT2D eigenvalue weighted by molar-refractivity contribution is 0.443. The van der Waals surface area contributed by atoms with Crippen LogP contribution in [0.4, 0.5) is 15.8 Å². The van der Waals surface area contributed by atoms with Crippen LogP contribution < -0.4 is 10.6 Å². The monoisotopic (exact) mass is 465 g/mol. The fourth-order valence-corrected chi connectivity index (χ4v) is 3.50. The first kappa shape index (κ1) is 21.1. The molecule has 168 valence electrons. The molecular formula is C23H22ClFN8. The number of H-pyrrole nitrogens is 1. The molecule has 0 radical (unpaired) electrons. The Hall–Kier alpha value is -3.77. The van der Waals surface area contributed by atoms with Crippen LogP contribution in [0.5, 0.6) is 0 Å². The number of aromatic nitrogens is 5. The van der Waals surface area contributed by atoms with Gasteiger partial charge >= 0.3 is 0 Å². The number of anilines is 2. The maximum atomic E-state index is 13.5. The van der Waals surface area contributed by atoms with Crippen LogP contribution in [0.25, 0.3) is 10.9 Å². The summed E-state index contributed by atoms with van der Waals surface area (Å²) in [6, 6.07) is 6.53. The van der Waals surface area contributed by atoms with E-state index in [1.54, 1.807) is 12.1 Å². The van der Waals surface area contributed by atoms with Gasteiger partial charge in [0.25, 0.3) is 0 Å². The highest BCUT2D eigenvalue weighted by atomic mass is 35.5. The Morgan fingerprint density at radius 1 is 1.24 bits per heavy atom. The van der Waals surface area contributed by atoms with Crippen LogP contribution in [0.15, 0.2) is 42.9 Å². The van der Waals surface area contributed by atoms with Crippen molar-refractivity contribution in [3.05, 3.63) is 70.6 Å². The van der Waals surface area contributed by atoms with Gasteiger partial charge in [0.2, 0.25) is 5.95 Å². The van der Waals surface area contributed by atoms with Crippen LogP contribution in [0, 0.1) is 22.7 Å². The second kappa shape index (κ2) is 9.00. The average molecular weight is 466 g/mol. The Bertz CT molecular complexity index is 1360. The number of nitriles is 1. The van der Waals surface area contributed by atoms with Crippen LogP contribution in [0.3, 0.4) is 0 Å². The third-order valence-electron chi connectivity index (χ3n) is 4.80. The van der Waals surface area contributed by atoms with E-state index in [-0.39, 0.29) is 11.1 Å². The van der Waals surface area contributed by atoms with E-state index in [4.69, 9.17) is 11.6 Å². The van der Waals surface area contributed by atoms with E-state index in [1.165, 1.54) is 30.7 Å². The fourth-order valence-electron chi connectivity index (χ4n) is 3.23. The van der Waals surface area contributed by atoms with Crippen molar-refractivity contribution in [1.29, 1.82) is 5.26 Å². The molecule has 4 aromatic rings. The van der Waals surface area contributed by atoms with Gasteiger partial charge in [0.05, 0.1) is 35.4 Å². The van der Waals surface area contributed by atoms with Crippen molar-refractivity contribution in [2.24, 2.45) is 5.41 Å². The third kappa shape index (κ3) is 5.02. The molecule has 1 atom stereocenters. The van der Waals surface area contributed by atoms with Crippen LogP contribution in [0.2, 0.25) is 5.02 Å². The summed E-state index contributed by atoms with van der Waals surface area (Å²) in [5.74, 6) is -0.662. The molecule has 4 rings (SSSR count). The standard InChI is InChI=1S/C23H22ClFN8/c1-23(2,3)12-29-20-14(8-26)10-28-22-16(20)6-15(7-17(22)24)31-21(18-11-30-33-32-18)13-4-5-19(25)27-9-13/h4-7,9-11,21,31H,12H2,1-3H3,(H,28,29)(H,30,32,33)/t21-/m1/s1/i21D. The van der Waals surface area contributed by atoms with E-state index in [1.807, 2.05) is 0 Å². The van der Waals surface area contributed by atoms with Gasteiger partial charge in [0, 0.05) is 30.0 Å². The molecule has 0 saturated carbocycles. The first-order valence-electron chi connectivity index (χ1n) is 10.6. The van der Waals surface area contributed by atoms with E-state index in [0.717, 1.165) is 0 Å². The quantitative estimate of drug-likeness (QED) is 0.340. The van der Waals surface area contributed by atoms with Gasteiger partial charge in [-0.25, -0.2) is 4.98 Å². The van der Waals surface area contributed by atoms with Crippen molar-refractivity contribution in [2.45, 2.75) is 26.8 Å². The number of nitrogens with zero attached hydrogens (tertiary/aromatic N) is 5. The number of halogens is 2. The topological polar surface area (TPSA) is 115 Å². The maximum Gasteiger partial charge on any atom is 0.212 e. The van der Waals surface area contributed by atoms with Crippen LogP contribution >= 0.6 is 11.6 Å². The lowest BCUT2D eigenvalue weighted by Crippen LogP contribution is -2.20. The first-order chi connectivity index (χ1) is 16.1. The summed E-state index contributed by atoms with van der Waals surface area (Å²) in [7, 11) is 0. The van der Waals surface area contributed by atoms with Crippen molar-refractivity contribution in [1.82, 2.24) is 25.4 Å². The maximum absolute atomic E-state index is 13.5. The van der Waals surface area contributed by atoms with Crippen LogP contribution in [0.1, 0.15) is 45.0 Å². The number of benzene rings is 1. The summed E-state index contributed by atoms with van der Waals surface area (Å²) in [5.41, 5.74) is 2.51. The van der Waals surface area contributed by atoms with Crippen molar-refractivity contribution in [3.63, 3.8) is 0 Å². The summed E-state index contributed by atoms with van der Waals surface area (Å²) in [4.78, 5) is 8.05. The van der Waals surface area contributed by atoms with Crippen LogP contribution in [-0.2, 0) is 0 Å². The van der Waals surface area contributed by atoms with Gasteiger partial charge in [0.15, 0.2) is 0 Å². The van der Waals surface area contributed by atoms with E-state index >= 15 is 0 Å². The van der Waals surface area contributed by atoms with E-state index in [9.17, 15) is 11.0 Å². The Morgan fingerprint density at radius 2 is 2.06 bits per heavy atom. The van der Waals surface area contributed by atoms with E-state index in [0.29, 0.717) is 45.0 Å². The zero-order chi connectivity index (χ0) is 24.5. The minimum atomic E-state index is -1.66. The Kier molecular flexibility index (Phi) is 5.75. The second-order valence-corrected chi connectivity index (χ2v) is 9.06. The zero-order valence-electron chi connectivity index (χ0n) is 19.2. The van der Waals surface area contributed by atoms with Gasteiger partial charge in [-0.05, 0) is 29.2 Å². The zero-order valence-corrected chi connectivity index (χ0v) is 19.0. The van der Waals surface area contributed by atoms with Gasteiger partial charge in [-0.3, -0.25) is 4.98 Å². The third-order valence-corrected chi connectivity index (χ3v) is 5.09. The molecule has 0 spiro atoms. The molecule has 1 aromatic carbocycles. The summed E-state index contributed by atoms with van der Waals surface area (Å²) in [5, 5.41) is 27.5. The molecule has 8 nitrogen and oxygen atoms in total. The number of nitrogens with one attached hydrogen (secondary N) is 3. The summed E-state index contributed by atoms with van der Waals surface area (Å²) in [6.07, 6.45) is 4.15. The molecule has 0 fully saturated rings. The molecule has 3 aromatic heterocycles. The lowest BCUT2D eigenvalue weighted by Gasteiger charge is -2.22. The summed E-state index contributed by atoms with van der Waals surface area (Å²) < 4.78 is 22.6. The number of pyridine rings is 2. The smallest absolute Gasteiger partial charge is 0.212 e. The summed E-state index contributed by atoms with van der Waals surface area (Å²) in [6.45, 7) is 6.86. The minimum Gasteiger partial charge on any atom is -0.383 e. The van der Waals surface area contributed by atoms with Crippen molar-refractivity contribution >= 4 is 33.9 Å². The Balaban J connectivity index is 1.85. The normalized spacial score (nSPS) is 13.8. The molecule has 3 N–H and O–H groups in total. The summed E-state index contributed by atoms with van der Waals surface area (Å²) >= 11 is 6.57. The number of rotatable bonds is 6. The van der Waals surface area contributed by atoms with Crippen LogP contribution in [-0.4, -0.2) is 31.9 Å². The predicted octanol–water partition coefficient (Wildman–Crippen LogP) is 5.07. The average Bonchev–Trinajstić information content (AvgIpc) is 3.33. The van der Waals surface area contributed by atoms with Gasteiger partial charge in [-0.2, -0.15) is 25.1 Å². The molecule has 0 aliphatic heterocycles. The van der Waals surface area contributed by atoms with Gasteiger partial charge in [0.1, 0.15) is 11.8 Å². The fraction of sp³-hybridized carbons (Fsp3) is 0.261. The Morgan fingerprint density at radius 3 is 2.70 bits per heavy atom. The molecule has 33 heavy (non-hydrogen) atoms. The second-order valence-electron chi connectivity index (χ2n) is 8.65. The molecule has 3 heterocycles. The molecule has 0 unspecified atom stereocenters. The first-order valence-corrected chi connectivity index (χ1v) is 10.5. The SMILES string of the molecule is [2H][C@@](Nc1cc(Cl)c2ncc(C#N)c(NCC(C)(C)C)c2c1)(c1ccc(F)nc1)c1cn[nH]n1. The number of aromatic amines is 1.